The zero-order valence-corrected chi connectivity index (χ0v) is 18.0. The van der Waals surface area contributed by atoms with E-state index in [1.54, 1.807) is 28.8 Å². The predicted molar refractivity (Wildman–Crippen MR) is 122 cm³/mol. The van der Waals surface area contributed by atoms with Crippen LogP contribution in [0.1, 0.15) is 43.3 Å². The molecule has 4 rings (SSSR count). The molecular weight excluding hydrogens is 413 g/mol. The number of rotatable bonds is 3. The average Bonchev–Trinajstić information content (AvgIpc) is 3.09. The molecule has 0 amide bonds. The summed E-state index contributed by atoms with van der Waals surface area (Å²) in [7, 11) is 0. The fourth-order valence-corrected chi connectivity index (χ4v) is 3.55. The van der Waals surface area contributed by atoms with Crippen molar-refractivity contribution >= 4 is 23.2 Å². The van der Waals surface area contributed by atoms with Gasteiger partial charge < -0.3 is 5.11 Å². The maximum Gasteiger partial charge on any atom is 0.416 e. The molecule has 0 radical (unpaired) electrons. The van der Waals surface area contributed by atoms with Crippen molar-refractivity contribution < 1.29 is 18.3 Å². The number of aromatic hydroxyl groups is 1. The van der Waals surface area contributed by atoms with Crippen molar-refractivity contribution in [3.05, 3.63) is 89.2 Å². The number of nitrogens with zero attached hydrogens (tertiary/aromatic N) is 2. The van der Waals surface area contributed by atoms with Crippen LogP contribution in [0.3, 0.4) is 0 Å². The van der Waals surface area contributed by atoms with Gasteiger partial charge in [-0.2, -0.15) is 13.2 Å². The highest BCUT2D eigenvalue weighted by atomic mass is 19.4. The Morgan fingerprint density at radius 2 is 1.50 bits per heavy atom. The van der Waals surface area contributed by atoms with Crippen LogP contribution >= 0.6 is 0 Å². The number of aromatic nitrogens is 2. The minimum absolute atomic E-state index is 0.0389. The zero-order chi connectivity index (χ0) is 23.1. The molecule has 0 saturated carbocycles. The number of para-hydroxylation sites is 2. The summed E-state index contributed by atoms with van der Waals surface area (Å²) in [6, 6.07) is 18.0. The second kappa shape index (κ2) is 7.86. The van der Waals surface area contributed by atoms with Crippen LogP contribution < -0.4 is 0 Å². The van der Waals surface area contributed by atoms with Crippen molar-refractivity contribution in [1.82, 2.24) is 9.55 Å². The molecule has 0 fully saturated rings. The van der Waals surface area contributed by atoms with Gasteiger partial charge >= 0.3 is 6.18 Å². The van der Waals surface area contributed by atoms with Gasteiger partial charge in [-0.25, -0.2) is 4.98 Å². The van der Waals surface area contributed by atoms with E-state index in [9.17, 15) is 18.3 Å². The lowest BCUT2D eigenvalue weighted by Crippen LogP contribution is -2.10. The summed E-state index contributed by atoms with van der Waals surface area (Å²) in [6.45, 7) is 6.42. The standard InChI is InChI=1S/C26H23F3N2O/c1-25(2,3)18-11-8-17(9-12-18)10-15-24-30-20-14-13-19(26(27,28)29)16-22(20)31(24)21-6-4-5-7-23(21)32/h4-16,32H,1-3H3/b15-10+. The van der Waals surface area contributed by atoms with E-state index in [4.69, 9.17) is 0 Å². The molecule has 1 N–H and O–H groups in total. The van der Waals surface area contributed by atoms with Crippen molar-refractivity contribution in [2.24, 2.45) is 0 Å². The van der Waals surface area contributed by atoms with Gasteiger partial charge in [0.2, 0.25) is 0 Å². The molecule has 0 bridgehead atoms. The van der Waals surface area contributed by atoms with E-state index in [0.29, 0.717) is 17.0 Å². The number of imidazole rings is 1. The van der Waals surface area contributed by atoms with Crippen LogP contribution in [-0.2, 0) is 11.6 Å². The molecular formula is C26H23F3N2O. The molecule has 3 nitrogen and oxygen atoms in total. The fraction of sp³-hybridized carbons (Fsp3) is 0.192. The molecule has 6 heteroatoms. The van der Waals surface area contributed by atoms with Gasteiger partial charge in [0.05, 0.1) is 22.3 Å². The number of fused-ring (bicyclic) bond motifs is 1. The predicted octanol–water partition coefficient (Wildman–Crippen LogP) is 7.22. The molecule has 0 aliphatic heterocycles. The second-order valence-corrected chi connectivity index (χ2v) is 8.70. The first-order valence-corrected chi connectivity index (χ1v) is 10.2. The van der Waals surface area contributed by atoms with Crippen LogP contribution in [0.4, 0.5) is 13.2 Å². The van der Waals surface area contributed by atoms with E-state index in [1.165, 1.54) is 17.7 Å². The summed E-state index contributed by atoms with van der Waals surface area (Å²) in [5, 5.41) is 10.4. The van der Waals surface area contributed by atoms with Crippen LogP contribution in [0.2, 0.25) is 0 Å². The quantitative estimate of drug-likeness (QED) is 0.368. The van der Waals surface area contributed by atoms with Crippen LogP contribution in [-0.4, -0.2) is 14.7 Å². The van der Waals surface area contributed by atoms with E-state index in [-0.39, 0.29) is 16.7 Å². The van der Waals surface area contributed by atoms with Gasteiger partial charge in [0.1, 0.15) is 11.6 Å². The van der Waals surface area contributed by atoms with Gasteiger partial charge in [0.25, 0.3) is 0 Å². The highest BCUT2D eigenvalue weighted by Gasteiger charge is 2.31. The van der Waals surface area contributed by atoms with Crippen LogP contribution in [0.25, 0.3) is 28.9 Å². The molecule has 164 valence electrons. The summed E-state index contributed by atoms with van der Waals surface area (Å²) in [5.74, 6) is 0.370. The second-order valence-electron chi connectivity index (χ2n) is 8.70. The maximum absolute atomic E-state index is 13.3. The first-order valence-electron chi connectivity index (χ1n) is 10.2. The third-order valence-electron chi connectivity index (χ3n) is 5.33. The van der Waals surface area contributed by atoms with E-state index < -0.39 is 11.7 Å². The third-order valence-corrected chi connectivity index (χ3v) is 5.33. The molecule has 0 saturated heterocycles. The average molecular weight is 436 g/mol. The lowest BCUT2D eigenvalue weighted by molar-refractivity contribution is -0.137. The number of hydrogen-bond donors (Lipinski definition) is 1. The van der Waals surface area contributed by atoms with Gasteiger partial charge in [-0.05, 0) is 52.9 Å². The third kappa shape index (κ3) is 4.26. The number of halogens is 3. The zero-order valence-electron chi connectivity index (χ0n) is 18.0. The van der Waals surface area contributed by atoms with Crippen LogP contribution in [0.15, 0.2) is 66.7 Å². The number of alkyl halides is 3. The Labute approximate surface area is 184 Å². The van der Waals surface area contributed by atoms with Crippen molar-refractivity contribution in [2.45, 2.75) is 32.4 Å². The Hall–Kier alpha value is -3.54. The van der Waals surface area contributed by atoms with Crippen molar-refractivity contribution in [1.29, 1.82) is 0 Å². The summed E-state index contributed by atoms with van der Waals surface area (Å²) >= 11 is 0. The van der Waals surface area contributed by atoms with Gasteiger partial charge in [0.15, 0.2) is 0 Å². The molecule has 4 aromatic rings. The summed E-state index contributed by atoms with van der Waals surface area (Å²) in [5.41, 5.74) is 2.44. The minimum Gasteiger partial charge on any atom is -0.506 e. The Bertz CT molecular complexity index is 1290. The highest BCUT2D eigenvalue weighted by Crippen LogP contribution is 2.34. The van der Waals surface area contributed by atoms with Gasteiger partial charge in [-0.15, -0.1) is 0 Å². The Morgan fingerprint density at radius 3 is 2.12 bits per heavy atom. The molecule has 0 aliphatic rings. The van der Waals surface area contributed by atoms with Crippen LogP contribution in [0, 0.1) is 0 Å². The largest absolute Gasteiger partial charge is 0.506 e. The Morgan fingerprint density at radius 1 is 0.844 bits per heavy atom. The molecule has 3 aromatic carbocycles. The molecule has 0 aliphatic carbocycles. The minimum atomic E-state index is -4.48. The monoisotopic (exact) mass is 436 g/mol. The van der Waals surface area contributed by atoms with Gasteiger partial charge in [-0.1, -0.05) is 63.2 Å². The molecule has 0 unspecified atom stereocenters. The summed E-state index contributed by atoms with van der Waals surface area (Å²) in [6.07, 6.45) is -0.882. The molecule has 32 heavy (non-hydrogen) atoms. The van der Waals surface area contributed by atoms with Gasteiger partial charge in [-0.3, -0.25) is 4.57 Å². The Balaban J connectivity index is 1.84. The lowest BCUT2D eigenvalue weighted by Gasteiger charge is -2.18. The maximum atomic E-state index is 13.3. The SMILES string of the molecule is CC(C)(C)c1ccc(/C=C/c2nc3ccc(C(F)(F)F)cc3n2-c2ccccc2O)cc1. The first-order chi connectivity index (χ1) is 15.0. The van der Waals surface area contributed by atoms with E-state index >= 15 is 0 Å². The molecule has 1 heterocycles. The van der Waals surface area contributed by atoms with E-state index in [2.05, 4.69) is 37.9 Å². The number of phenols is 1. The fourth-order valence-electron chi connectivity index (χ4n) is 3.55. The topological polar surface area (TPSA) is 38.0 Å². The highest BCUT2D eigenvalue weighted by molar-refractivity contribution is 5.83. The van der Waals surface area contributed by atoms with Crippen molar-refractivity contribution in [3.8, 4) is 11.4 Å². The summed E-state index contributed by atoms with van der Waals surface area (Å²) in [4.78, 5) is 4.52. The van der Waals surface area contributed by atoms with Crippen molar-refractivity contribution in [3.63, 3.8) is 0 Å². The number of benzene rings is 3. The first kappa shape index (κ1) is 21.7. The number of hydrogen-bond acceptors (Lipinski definition) is 2. The Kier molecular flexibility index (Phi) is 5.33. The number of phenolic OH excluding ortho intramolecular Hbond substituents is 1. The van der Waals surface area contributed by atoms with E-state index in [1.807, 2.05) is 18.2 Å². The van der Waals surface area contributed by atoms with Crippen molar-refractivity contribution in [2.75, 3.05) is 0 Å². The lowest BCUT2D eigenvalue weighted by atomic mass is 9.87. The molecule has 0 spiro atoms. The van der Waals surface area contributed by atoms with Crippen LogP contribution in [0.5, 0.6) is 5.75 Å². The molecule has 0 atom stereocenters. The molecule has 1 aromatic heterocycles. The van der Waals surface area contributed by atoms with Gasteiger partial charge in [0, 0.05) is 0 Å². The normalized spacial score (nSPS) is 12.7. The smallest absolute Gasteiger partial charge is 0.416 e. The summed E-state index contributed by atoms with van der Waals surface area (Å²) < 4.78 is 41.5. The van der Waals surface area contributed by atoms with E-state index in [0.717, 1.165) is 17.7 Å².